The summed E-state index contributed by atoms with van der Waals surface area (Å²) in [5, 5.41) is 19.0. The summed E-state index contributed by atoms with van der Waals surface area (Å²) in [6.07, 6.45) is 2.87. The minimum absolute atomic E-state index is 0.0711. The minimum atomic E-state index is -1.03. The van der Waals surface area contributed by atoms with E-state index < -0.39 is 11.8 Å². The van der Waals surface area contributed by atoms with E-state index in [0.717, 1.165) is 17.5 Å². The Morgan fingerprint density at radius 3 is 2.71 bits per heavy atom. The van der Waals surface area contributed by atoms with E-state index in [2.05, 4.69) is 32.2 Å². The molecule has 1 aromatic carbocycles. The zero-order valence-electron chi connectivity index (χ0n) is 19.9. The van der Waals surface area contributed by atoms with Gasteiger partial charge in [0, 0.05) is 29.1 Å². The smallest absolute Gasteiger partial charge is 0.227 e. The SMILES string of the molecule is CC(C)(O)Cn1ncc(Nc2ncc3cc(Cl)c([C@@H]4CCN(C5(C)COC5)C[C@H]4F)cc3n2)c1Cl. The lowest BCUT2D eigenvalue weighted by Gasteiger charge is -2.50. The van der Waals surface area contributed by atoms with E-state index in [-0.39, 0.29) is 18.0 Å². The minimum Gasteiger partial charge on any atom is -0.389 e. The molecule has 2 aliphatic heterocycles. The number of hydrogen-bond acceptors (Lipinski definition) is 7. The number of likely N-dealkylation sites (tertiary alicyclic amines) is 1. The normalized spacial score (nSPS) is 22.8. The molecule has 2 aromatic heterocycles. The average Bonchev–Trinajstić information content (AvgIpc) is 3.09. The molecule has 4 heterocycles. The maximum absolute atomic E-state index is 15.4. The maximum Gasteiger partial charge on any atom is 0.227 e. The summed E-state index contributed by atoms with van der Waals surface area (Å²) in [6, 6.07) is 3.66. The van der Waals surface area contributed by atoms with Crippen molar-refractivity contribution in [2.24, 2.45) is 0 Å². The number of alkyl halides is 1. The van der Waals surface area contributed by atoms with Crippen molar-refractivity contribution in [1.82, 2.24) is 24.6 Å². The molecule has 188 valence electrons. The predicted octanol–water partition coefficient (Wildman–Crippen LogP) is 4.56. The highest BCUT2D eigenvalue weighted by atomic mass is 35.5. The van der Waals surface area contributed by atoms with Crippen LogP contribution in [-0.4, -0.2) is 73.4 Å². The van der Waals surface area contributed by atoms with Crippen LogP contribution in [0.5, 0.6) is 0 Å². The summed E-state index contributed by atoms with van der Waals surface area (Å²) in [4.78, 5) is 11.2. The molecule has 11 heteroatoms. The van der Waals surface area contributed by atoms with Crippen LogP contribution in [0.2, 0.25) is 10.2 Å². The van der Waals surface area contributed by atoms with Crippen LogP contribution in [0.25, 0.3) is 10.9 Å². The zero-order valence-corrected chi connectivity index (χ0v) is 21.4. The largest absolute Gasteiger partial charge is 0.389 e. The van der Waals surface area contributed by atoms with Crippen LogP contribution in [0, 0.1) is 0 Å². The fourth-order valence-electron chi connectivity index (χ4n) is 4.79. The number of nitrogens with one attached hydrogen (secondary N) is 1. The number of aromatic nitrogens is 4. The number of hydrogen-bond donors (Lipinski definition) is 2. The molecule has 0 amide bonds. The van der Waals surface area contributed by atoms with Crippen molar-refractivity contribution in [3.63, 3.8) is 0 Å². The predicted molar refractivity (Wildman–Crippen MR) is 134 cm³/mol. The molecule has 0 bridgehead atoms. The highest BCUT2D eigenvalue weighted by Crippen LogP contribution is 2.39. The number of benzene rings is 1. The second-order valence-electron chi connectivity index (χ2n) is 10.4. The van der Waals surface area contributed by atoms with Crippen LogP contribution in [0.3, 0.4) is 0 Å². The van der Waals surface area contributed by atoms with Gasteiger partial charge in [-0.05, 0) is 51.4 Å². The Hall–Kier alpha value is -2.04. The molecule has 2 saturated heterocycles. The van der Waals surface area contributed by atoms with Crippen LogP contribution in [-0.2, 0) is 11.3 Å². The summed E-state index contributed by atoms with van der Waals surface area (Å²) in [5.74, 6) is 0.0358. The Morgan fingerprint density at radius 2 is 2.06 bits per heavy atom. The molecule has 8 nitrogen and oxygen atoms in total. The van der Waals surface area contributed by atoms with Gasteiger partial charge in [0.25, 0.3) is 0 Å². The van der Waals surface area contributed by atoms with Crippen LogP contribution in [0.15, 0.2) is 24.5 Å². The number of fused-ring (bicyclic) bond motifs is 1. The number of halogens is 3. The standard InChI is InChI=1S/C24H29Cl2FN6O2/c1-23(2,34)11-33-21(26)20(9-29-33)31-22-28-8-14-6-17(25)16(7-19(14)30-22)15-4-5-32(10-18(15)27)24(3)12-35-13-24/h6-9,15,18,34H,4-5,10-13H2,1-3H3,(H,28,30,31)/t15-,18+/m0/s1. The third-order valence-electron chi connectivity index (χ3n) is 6.79. The van der Waals surface area contributed by atoms with E-state index in [1.165, 1.54) is 4.68 Å². The Kier molecular flexibility index (Phi) is 6.42. The van der Waals surface area contributed by atoms with Gasteiger partial charge in [-0.15, -0.1) is 0 Å². The summed E-state index contributed by atoms with van der Waals surface area (Å²) in [6.45, 7) is 8.18. The van der Waals surface area contributed by atoms with E-state index in [9.17, 15) is 5.11 Å². The number of anilines is 2. The van der Waals surface area contributed by atoms with Gasteiger partial charge >= 0.3 is 0 Å². The molecule has 2 N–H and O–H groups in total. The molecule has 0 saturated carbocycles. The first-order valence-corrected chi connectivity index (χ1v) is 12.4. The molecule has 0 radical (unpaired) electrons. The van der Waals surface area contributed by atoms with Crippen LogP contribution >= 0.6 is 23.2 Å². The molecule has 3 aromatic rings. The van der Waals surface area contributed by atoms with Crippen LogP contribution in [0.4, 0.5) is 16.0 Å². The molecule has 2 aliphatic rings. The number of rotatable bonds is 6. The van der Waals surface area contributed by atoms with Crippen LogP contribution < -0.4 is 5.32 Å². The van der Waals surface area contributed by atoms with Crippen molar-refractivity contribution in [1.29, 1.82) is 0 Å². The molecule has 0 aliphatic carbocycles. The van der Waals surface area contributed by atoms with Gasteiger partial charge in [0.2, 0.25) is 5.95 Å². The van der Waals surface area contributed by atoms with Gasteiger partial charge in [0.1, 0.15) is 6.17 Å². The highest BCUT2D eigenvalue weighted by molar-refractivity contribution is 6.32. The quantitative estimate of drug-likeness (QED) is 0.490. The fourth-order valence-corrected chi connectivity index (χ4v) is 5.30. The third kappa shape index (κ3) is 4.97. The number of aliphatic hydroxyl groups is 1. The monoisotopic (exact) mass is 522 g/mol. The van der Waals surface area contributed by atoms with Crippen molar-refractivity contribution < 1.29 is 14.2 Å². The third-order valence-corrected chi connectivity index (χ3v) is 7.51. The molecular formula is C24H29Cl2FN6O2. The lowest BCUT2D eigenvalue weighted by atomic mass is 9.84. The summed E-state index contributed by atoms with van der Waals surface area (Å²) in [5.41, 5.74) is 0.917. The Morgan fingerprint density at radius 1 is 1.29 bits per heavy atom. The molecule has 2 atom stereocenters. The van der Waals surface area contributed by atoms with Gasteiger partial charge in [-0.3, -0.25) is 4.90 Å². The maximum atomic E-state index is 15.4. The highest BCUT2D eigenvalue weighted by Gasteiger charge is 2.44. The van der Waals surface area contributed by atoms with Gasteiger partial charge < -0.3 is 15.2 Å². The first-order valence-electron chi connectivity index (χ1n) is 11.7. The van der Waals surface area contributed by atoms with E-state index in [1.54, 1.807) is 32.3 Å². The average molecular weight is 523 g/mol. The summed E-state index contributed by atoms with van der Waals surface area (Å²) >= 11 is 13.0. The topological polar surface area (TPSA) is 88.3 Å². The second kappa shape index (κ2) is 9.12. The summed E-state index contributed by atoms with van der Waals surface area (Å²) < 4.78 is 22.2. The Balaban J connectivity index is 1.37. The van der Waals surface area contributed by atoms with E-state index in [4.69, 9.17) is 27.9 Å². The van der Waals surface area contributed by atoms with Gasteiger partial charge in [0.15, 0.2) is 5.15 Å². The van der Waals surface area contributed by atoms with Gasteiger partial charge in [-0.2, -0.15) is 5.10 Å². The number of ether oxygens (including phenoxy) is 1. The van der Waals surface area contributed by atoms with E-state index >= 15 is 4.39 Å². The first-order chi connectivity index (χ1) is 16.5. The lowest BCUT2D eigenvalue weighted by Crippen LogP contribution is -2.63. The summed E-state index contributed by atoms with van der Waals surface area (Å²) in [7, 11) is 0. The molecule has 0 spiro atoms. The van der Waals surface area contributed by atoms with Crippen molar-refractivity contribution in [3.05, 3.63) is 40.3 Å². The van der Waals surface area contributed by atoms with Crippen molar-refractivity contribution >= 4 is 45.7 Å². The van der Waals surface area contributed by atoms with Crippen molar-refractivity contribution in [2.75, 3.05) is 31.6 Å². The molecule has 2 fully saturated rings. The Labute approximate surface area is 213 Å². The Bertz CT molecular complexity index is 1240. The molecule has 5 rings (SSSR count). The molecule has 0 unspecified atom stereocenters. The lowest BCUT2D eigenvalue weighted by molar-refractivity contribution is -0.143. The number of nitrogens with zero attached hydrogens (tertiary/aromatic N) is 5. The van der Waals surface area contributed by atoms with Crippen molar-refractivity contribution in [2.45, 2.75) is 57.0 Å². The molecule has 35 heavy (non-hydrogen) atoms. The fraction of sp³-hybridized carbons (Fsp3) is 0.542. The van der Waals surface area contributed by atoms with Gasteiger partial charge in [-0.1, -0.05) is 23.2 Å². The van der Waals surface area contributed by atoms with Gasteiger partial charge in [-0.25, -0.2) is 19.0 Å². The van der Waals surface area contributed by atoms with E-state index in [1.807, 2.05) is 6.07 Å². The zero-order chi connectivity index (χ0) is 25.0. The van der Waals surface area contributed by atoms with Crippen LogP contribution in [0.1, 0.15) is 38.7 Å². The first kappa shape index (κ1) is 24.6. The second-order valence-corrected chi connectivity index (χ2v) is 11.2. The number of piperidine rings is 1. The van der Waals surface area contributed by atoms with Crippen molar-refractivity contribution in [3.8, 4) is 0 Å². The van der Waals surface area contributed by atoms with E-state index in [0.29, 0.717) is 53.5 Å². The molecular weight excluding hydrogens is 494 g/mol. The van der Waals surface area contributed by atoms with Gasteiger partial charge in [0.05, 0.1) is 48.3 Å².